The van der Waals surface area contributed by atoms with Gasteiger partial charge < -0.3 is 15.3 Å². The van der Waals surface area contributed by atoms with E-state index in [1.807, 2.05) is 6.07 Å². The number of urea groups is 1. The summed E-state index contributed by atoms with van der Waals surface area (Å²) in [4.78, 5) is 16.6. The second-order valence-corrected chi connectivity index (χ2v) is 6.66. The molecule has 1 saturated heterocycles. The van der Waals surface area contributed by atoms with Gasteiger partial charge in [-0.2, -0.15) is 0 Å². The van der Waals surface area contributed by atoms with E-state index < -0.39 is 0 Å². The third kappa shape index (κ3) is 4.69. The Morgan fingerprint density at radius 2 is 2.04 bits per heavy atom. The van der Waals surface area contributed by atoms with Crippen molar-refractivity contribution < 1.29 is 9.90 Å². The number of carbonyl (C=O) groups excluding carboxylic acids is 1. The molecule has 1 aliphatic heterocycles. The van der Waals surface area contributed by atoms with Crippen molar-refractivity contribution in [1.82, 2.24) is 15.1 Å². The van der Waals surface area contributed by atoms with Gasteiger partial charge in [0.2, 0.25) is 0 Å². The molecule has 1 aliphatic carbocycles. The summed E-state index contributed by atoms with van der Waals surface area (Å²) >= 11 is 0. The highest BCUT2D eigenvalue weighted by molar-refractivity contribution is 5.75. The molecule has 126 valence electrons. The van der Waals surface area contributed by atoms with Gasteiger partial charge in [0.05, 0.1) is 6.61 Å². The van der Waals surface area contributed by atoms with Gasteiger partial charge in [-0.1, -0.05) is 30.3 Å². The minimum Gasteiger partial charge on any atom is -0.395 e. The van der Waals surface area contributed by atoms with Crippen LogP contribution in [0.4, 0.5) is 4.79 Å². The average Bonchev–Trinajstić information content (AvgIpc) is 3.38. The summed E-state index contributed by atoms with van der Waals surface area (Å²) in [5.74, 6) is 0. The largest absolute Gasteiger partial charge is 0.395 e. The number of aliphatic hydroxyl groups is 1. The molecule has 1 aromatic rings. The smallest absolute Gasteiger partial charge is 0.317 e. The number of likely N-dealkylation sites (tertiary alicyclic amines) is 1. The summed E-state index contributed by atoms with van der Waals surface area (Å²) in [7, 11) is 0. The standard InChI is InChI=1S/C18H27N3O2/c22-12-11-21(17-8-9-17)18(23)19-16-7-4-10-20(14-16)13-15-5-2-1-3-6-15/h1-3,5-6,16-17,22H,4,7-14H2,(H,19,23). The van der Waals surface area contributed by atoms with E-state index in [0.29, 0.717) is 12.6 Å². The number of benzene rings is 1. The lowest BCUT2D eigenvalue weighted by Gasteiger charge is -2.34. The van der Waals surface area contributed by atoms with E-state index in [2.05, 4.69) is 34.5 Å². The van der Waals surface area contributed by atoms with Crippen LogP contribution in [0.15, 0.2) is 30.3 Å². The minimum absolute atomic E-state index is 0.00638. The molecule has 1 heterocycles. The number of aliphatic hydroxyl groups excluding tert-OH is 1. The van der Waals surface area contributed by atoms with Crippen molar-refractivity contribution >= 4 is 6.03 Å². The molecule has 5 nitrogen and oxygen atoms in total. The molecular formula is C18H27N3O2. The molecule has 1 aromatic carbocycles. The zero-order valence-corrected chi connectivity index (χ0v) is 13.7. The lowest BCUT2D eigenvalue weighted by Crippen LogP contribution is -2.52. The van der Waals surface area contributed by atoms with Crippen molar-refractivity contribution in [1.29, 1.82) is 0 Å². The number of nitrogens with zero attached hydrogens (tertiary/aromatic N) is 2. The van der Waals surface area contributed by atoms with Crippen LogP contribution >= 0.6 is 0 Å². The lowest BCUT2D eigenvalue weighted by atomic mass is 10.0. The first kappa shape index (κ1) is 16.3. The van der Waals surface area contributed by atoms with E-state index in [-0.39, 0.29) is 18.7 Å². The summed E-state index contributed by atoms with van der Waals surface area (Å²) < 4.78 is 0. The van der Waals surface area contributed by atoms with Crippen LogP contribution in [-0.4, -0.2) is 59.3 Å². The Morgan fingerprint density at radius 1 is 1.26 bits per heavy atom. The van der Waals surface area contributed by atoms with Gasteiger partial charge in [-0.25, -0.2) is 4.79 Å². The maximum Gasteiger partial charge on any atom is 0.317 e. The number of amides is 2. The molecule has 2 amide bonds. The molecule has 1 atom stereocenters. The lowest BCUT2D eigenvalue weighted by molar-refractivity contribution is 0.152. The molecule has 2 aliphatic rings. The van der Waals surface area contributed by atoms with Crippen molar-refractivity contribution in [2.24, 2.45) is 0 Å². The van der Waals surface area contributed by atoms with Gasteiger partial charge in [0.1, 0.15) is 0 Å². The fourth-order valence-corrected chi connectivity index (χ4v) is 3.36. The summed E-state index contributed by atoms with van der Waals surface area (Å²) in [6.45, 7) is 3.41. The monoisotopic (exact) mass is 317 g/mol. The summed E-state index contributed by atoms with van der Waals surface area (Å²) in [6.07, 6.45) is 4.28. The predicted molar refractivity (Wildman–Crippen MR) is 90.1 cm³/mol. The highest BCUT2D eigenvalue weighted by atomic mass is 16.3. The Hall–Kier alpha value is -1.59. The molecule has 0 bridgehead atoms. The van der Waals surface area contributed by atoms with Crippen molar-refractivity contribution in [3.8, 4) is 0 Å². The van der Waals surface area contributed by atoms with Crippen molar-refractivity contribution in [3.05, 3.63) is 35.9 Å². The maximum absolute atomic E-state index is 12.4. The Bertz CT molecular complexity index is 504. The van der Waals surface area contributed by atoms with Crippen LogP contribution in [0.2, 0.25) is 0 Å². The molecular weight excluding hydrogens is 290 g/mol. The normalized spacial score (nSPS) is 21.9. The van der Waals surface area contributed by atoms with Crippen LogP contribution < -0.4 is 5.32 Å². The summed E-state index contributed by atoms with van der Waals surface area (Å²) in [5, 5.41) is 12.3. The zero-order valence-electron chi connectivity index (χ0n) is 13.7. The molecule has 0 aromatic heterocycles. The fourth-order valence-electron chi connectivity index (χ4n) is 3.36. The van der Waals surface area contributed by atoms with E-state index in [1.165, 1.54) is 5.56 Å². The maximum atomic E-state index is 12.4. The topological polar surface area (TPSA) is 55.8 Å². The number of hydrogen-bond donors (Lipinski definition) is 2. The van der Waals surface area contributed by atoms with Crippen LogP contribution in [0.1, 0.15) is 31.2 Å². The number of hydrogen-bond acceptors (Lipinski definition) is 3. The van der Waals surface area contributed by atoms with Crippen LogP contribution in [0.25, 0.3) is 0 Å². The molecule has 3 rings (SSSR count). The highest BCUT2D eigenvalue weighted by Gasteiger charge is 2.33. The van der Waals surface area contributed by atoms with Gasteiger partial charge >= 0.3 is 6.03 Å². The van der Waals surface area contributed by atoms with Gasteiger partial charge in [0.25, 0.3) is 0 Å². The second-order valence-electron chi connectivity index (χ2n) is 6.66. The molecule has 2 N–H and O–H groups in total. The highest BCUT2D eigenvalue weighted by Crippen LogP contribution is 2.26. The van der Waals surface area contributed by atoms with Gasteiger partial charge in [-0.15, -0.1) is 0 Å². The second kappa shape index (κ2) is 7.79. The quantitative estimate of drug-likeness (QED) is 0.841. The third-order valence-corrected chi connectivity index (χ3v) is 4.67. The molecule has 0 radical (unpaired) electrons. The predicted octanol–water partition coefficient (Wildman–Crippen LogP) is 1.82. The van der Waals surface area contributed by atoms with E-state index >= 15 is 0 Å². The van der Waals surface area contributed by atoms with Crippen LogP contribution in [0, 0.1) is 0 Å². The number of piperidine rings is 1. The molecule has 5 heteroatoms. The SMILES string of the molecule is O=C(NC1CCCN(Cc2ccccc2)C1)N(CCO)C1CC1. The average molecular weight is 317 g/mol. The third-order valence-electron chi connectivity index (χ3n) is 4.67. The van der Waals surface area contributed by atoms with Crippen molar-refractivity contribution in [2.45, 2.75) is 44.3 Å². The minimum atomic E-state index is -0.00638. The Balaban J connectivity index is 1.50. The van der Waals surface area contributed by atoms with E-state index in [1.54, 1.807) is 4.90 Å². The summed E-state index contributed by atoms with van der Waals surface area (Å²) in [6, 6.07) is 11.0. The Morgan fingerprint density at radius 3 is 2.74 bits per heavy atom. The zero-order chi connectivity index (χ0) is 16.1. The first-order valence-electron chi connectivity index (χ1n) is 8.70. The Labute approximate surface area is 138 Å². The van der Waals surface area contributed by atoms with Crippen LogP contribution in [0.5, 0.6) is 0 Å². The van der Waals surface area contributed by atoms with Gasteiger partial charge in [-0.05, 0) is 37.8 Å². The fraction of sp³-hybridized carbons (Fsp3) is 0.611. The van der Waals surface area contributed by atoms with Crippen LogP contribution in [-0.2, 0) is 6.54 Å². The van der Waals surface area contributed by atoms with Gasteiger partial charge in [-0.3, -0.25) is 4.90 Å². The number of rotatable bonds is 6. The van der Waals surface area contributed by atoms with Crippen LogP contribution in [0.3, 0.4) is 0 Å². The first-order chi connectivity index (χ1) is 11.3. The molecule has 0 spiro atoms. The number of nitrogens with one attached hydrogen (secondary N) is 1. The van der Waals surface area contributed by atoms with Crippen molar-refractivity contribution in [3.63, 3.8) is 0 Å². The number of carbonyl (C=O) groups is 1. The molecule has 1 unspecified atom stereocenters. The van der Waals surface area contributed by atoms with Gasteiger partial charge in [0.15, 0.2) is 0 Å². The van der Waals surface area contributed by atoms with Crippen molar-refractivity contribution in [2.75, 3.05) is 26.2 Å². The summed E-state index contributed by atoms with van der Waals surface area (Å²) in [5.41, 5.74) is 1.32. The molecule has 2 fully saturated rings. The van der Waals surface area contributed by atoms with E-state index in [0.717, 1.165) is 45.3 Å². The van der Waals surface area contributed by atoms with E-state index in [4.69, 9.17) is 5.11 Å². The first-order valence-corrected chi connectivity index (χ1v) is 8.70. The van der Waals surface area contributed by atoms with Gasteiger partial charge in [0, 0.05) is 31.7 Å². The van der Waals surface area contributed by atoms with E-state index in [9.17, 15) is 4.79 Å². The molecule has 23 heavy (non-hydrogen) atoms. The Kier molecular flexibility index (Phi) is 5.51. The molecule has 1 saturated carbocycles.